The maximum Gasteiger partial charge on any atom is 0.226 e. The van der Waals surface area contributed by atoms with Gasteiger partial charge in [-0.2, -0.15) is 0 Å². The molecule has 0 unspecified atom stereocenters. The molecular formula is C23H29ClN2O2S. The number of anilines is 1. The Kier molecular flexibility index (Phi) is 10.5. The molecular weight excluding hydrogens is 404 g/mol. The van der Waals surface area contributed by atoms with Gasteiger partial charge in [-0.25, -0.2) is 0 Å². The first-order valence-electron chi connectivity index (χ1n) is 10.2. The molecule has 2 rings (SSSR count). The van der Waals surface area contributed by atoms with Crippen molar-refractivity contribution in [2.45, 2.75) is 51.9 Å². The van der Waals surface area contributed by atoms with Gasteiger partial charge < -0.3 is 15.4 Å². The largest absolute Gasteiger partial charge is 0.494 e. The summed E-state index contributed by atoms with van der Waals surface area (Å²) in [5, 5.41) is 6.68. The topological polar surface area (TPSA) is 50.4 Å². The number of rotatable bonds is 11. The number of nitrogens with one attached hydrogen (secondary N) is 2. The van der Waals surface area contributed by atoms with Crippen molar-refractivity contribution in [1.82, 2.24) is 5.32 Å². The Bertz CT molecular complexity index is 798. The van der Waals surface area contributed by atoms with Crippen LogP contribution >= 0.6 is 23.8 Å². The fraction of sp³-hybridized carbons (Fsp3) is 0.391. The molecule has 6 heteroatoms. The van der Waals surface area contributed by atoms with Crippen molar-refractivity contribution in [3.05, 3.63) is 59.1 Å². The standard InChI is InChI=1S/C23H29ClN2O2S/c1-2-3-4-5-8-16-28-20-12-9-11-19(17-20)25-23(29)26-22(27)15-14-18-10-6-7-13-21(18)24/h6-7,9-13,17H,2-5,8,14-16H2,1H3,(H2,25,26,27,29). The minimum atomic E-state index is -0.151. The van der Waals surface area contributed by atoms with E-state index in [2.05, 4.69) is 17.6 Å². The Morgan fingerprint density at radius 3 is 2.66 bits per heavy atom. The van der Waals surface area contributed by atoms with Crippen LogP contribution in [0.1, 0.15) is 51.0 Å². The number of thiocarbonyl (C=S) groups is 1. The van der Waals surface area contributed by atoms with Crippen molar-refractivity contribution in [1.29, 1.82) is 0 Å². The number of halogens is 1. The Labute approximate surface area is 184 Å². The first-order chi connectivity index (χ1) is 14.1. The minimum absolute atomic E-state index is 0.151. The molecule has 0 radical (unpaired) electrons. The molecule has 0 fully saturated rings. The van der Waals surface area contributed by atoms with Gasteiger partial charge in [0.2, 0.25) is 5.91 Å². The third kappa shape index (κ3) is 9.29. The monoisotopic (exact) mass is 432 g/mol. The average molecular weight is 433 g/mol. The van der Waals surface area contributed by atoms with E-state index in [4.69, 9.17) is 28.6 Å². The van der Waals surface area contributed by atoms with Gasteiger partial charge in [-0.3, -0.25) is 4.79 Å². The molecule has 0 bridgehead atoms. The van der Waals surface area contributed by atoms with Gasteiger partial charge in [-0.15, -0.1) is 0 Å². The maximum absolute atomic E-state index is 12.1. The molecule has 0 heterocycles. The molecule has 4 nitrogen and oxygen atoms in total. The number of benzene rings is 2. The number of aryl methyl sites for hydroxylation is 1. The molecule has 0 spiro atoms. The van der Waals surface area contributed by atoms with E-state index in [1.807, 2.05) is 48.5 Å². The summed E-state index contributed by atoms with van der Waals surface area (Å²) in [6, 6.07) is 15.1. The zero-order chi connectivity index (χ0) is 20.9. The van der Waals surface area contributed by atoms with Crippen molar-refractivity contribution in [2.75, 3.05) is 11.9 Å². The zero-order valence-electron chi connectivity index (χ0n) is 16.9. The first-order valence-corrected chi connectivity index (χ1v) is 10.9. The molecule has 2 aromatic rings. The Balaban J connectivity index is 1.72. The highest BCUT2D eigenvalue weighted by molar-refractivity contribution is 7.80. The molecule has 0 atom stereocenters. The number of carbonyl (C=O) groups excluding carboxylic acids is 1. The van der Waals surface area contributed by atoms with E-state index >= 15 is 0 Å². The maximum atomic E-state index is 12.1. The number of hydrogen-bond donors (Lipinski definition) is 2. The molecule has 0 aliphatic rings. The highest BCUT2D eigenvalue weighted by atomic mass is 35.5. The highest BCUT2D eigenvalue weighted by Gasteiger charge is 2.07. The van der Waals surface area contributed by atoms with Gasteiger partial charge in [0, 0.05) is 23.2 Å². The van der Waals surface area contributed by atoms with E-state index < -0.39 is 0 Å². The van der Waals surface area contributed by atoms with Crippen LogP contribution in [0, 0.1) is 0 Å². The fourth-order valence-electron chi connectivity index (χ4n) is 2.86. The van der Waals surface area contributed by atoms with Gasteiger partial charge in [0.05, 0.1) is 6.61 Å². The number of carbonyl (C=O) groups is 1. The van der Waals surface area contributed by atoms with Crippen LogP contribution < -0.4 is 15.4 Å². The molecule has 0 aliphatic heterocycles. The minimum Gasteiger partial charge on any atom is -0.494 e. The van der Waals surface area contributed by atoms with Crippen molar-refractivity contribution < 1.29 is 9.53 Å². The molecule has 2 aromatic carbocycles. The van der Waals surface area contributed by atoms with E-state index in [0.717, 1.165) is 23.4 Å². The molecule has 29 heavy (non-hydrogen) atoms. The summed E-state index contributed by atoms with van der Waals surface area (Å²) in [6.07, 6.45) is 6.90. The van der Waals surface area contributed by atoms with Crippen LogP contribution in [0.15, 0.2) is 48.5 Å². The number of hydrogen-bond acceptors (Lipinski definition) is 3. The van der Waals surface area contributed by atoms with Crippen LogP contribution in [-0.2, 0) is 11.2 Å². The molecule has 2 N–H and O–H groups in total. The highest BCUT2D eigenvalue weighted by Crippen LogP contribution is 2.18. The van der Waals surface area contributed by atoms with Crippen LogP contribution in [0.5, 0.6) is 5.75 Å². The number of amides is 1. The summed E-state index contributed by atoms with van der Waals surface area (Å²) in [6.45, 7) is 2.91. The molecule has 1 amide bonds. The Hall–Kier alpha value is -2.11. The van der Waals surface area contributed by atoms with E-state index in [1.54, 1.807) is 0 Å². The normalized spacial score (nSPS) is 10.4. The Morgan fingerprint density at radius 2 is 1.86 bits per heavy atom. The van der Waals surface area contributed by atoms with Crippen LogP contribution in [0.4, 0.5) is 5.69 Å². The van der Waals surface area contributed by atoms with E-state index in [0.29, 0.717) is 24.5 Å². The van der Waals surface area contributed by atoms with Crippen LogP contribution in [0.25, 0.3) is 0 Å². The third-order valence-corrected chi connectivity index (χ3v) is 5.01. The zero-order valence-corrected chi connectivity index (χ0v) is 18.5. The molecule has 0 saturated heterocycles. The quantitative estimate of drug-likeness (QED) is 0.331. The second kappa shape index (κ2) is 13.2. The summed E-state index contributed by atoms with van der Waals surface area (Å²) in [5.41, 5.74) is 1.73. The van der Waals surface area contributed by atoms with Gasteiger partial charge in [-0.05, 0) is 48.8 Å². The molecule has 0 aromatic heterocycles. The summed E-state index contributed by atoms with van der Waals surface area (Å²) < 4.78 is 5.81. The SMILES string of the molecule is CCCCCCCOc1cccc(NC(=S)NC(=O)CCc2ccccc2Cl)c1. The van der Waals surface area contributed by atoms with Crippen LogP contribution in [0.2, 0.25) is 5.02 Å². The third-order valence-electron chi connectivity index (χ3n) is 4.44. The van der Waals surface area contributed by atoms with Gasteiger partial charge in [0.1, 0.15) is 5.75 Å². The van der Waals surface area contributed by atoms with Crippen LogP contribution in [0.3, 0.4) is 0 Å². The number of unbranched alkanes of at least 4 members (excludes halogenated alkanes) is 4. The van der Waals surface area contributed by atoms with E-state index in [1.165, 1.54) is 25.7 Å². The second-order valence-electron chi connectivity index (χ2n) is 6.88. The van der Waals surface area contributed by atoms with Crippen LogP contribution in [-0.4, -0.2) is 17.6 Å². The van der Waals surface area contributed by atoms with E-state index in [9.17, 15) is 4.79 Å². The summed E-state index contributed by atoms with van der Waals surface area (Å²) >= 11 is 11.4. The van der Waals surface area contributed by atoms with Crippen molar-refractivity contribution >= 4 is 40.5 Å². The summed E-state index contributed by atoms with van der Waals surface area (Å²) in [5.74, 6) is 0.639. The lowest BCUT2D eigenvalue weighted by Gasteiger charge is -2.12. The predicted molar refractivity (Wildman–Crippen MR) is 125 cm³/mol. The lowest BCUT2D eigenvalue weighted by molar-refractivity contribution is -0.119. The molecule has 156 valence electrons. The summed E-state index contributed by atoms with van der Waals surface area (Å²) in [7, 11) is 0. The van der Waals surface area contributed by atoms with Gasteiger partial charge in [-0.1, -0.05) is 68.5 Å². The van der Waals surface area contributed by atoms with Gasteiger partial charge in [0.25, 0.3) is 0 Å². The average Bonchev–Trinajstić information content (AvgIpc) is 2.70. The Morgan fingerprint density at radius 1 is 1.07 bits per heavy atom. The van der Waals surface area contributed by atoms with E-state index in [-0.39, 0.29) is 11.0 Å². The number of ether oxygens (including phenoxy) is 1. The molecule has 0 saturated carbocycles. The van der Waals surface area contributed by atoms with Crippen molar-refractivity contribution in [2.24, 2.45) is 0 Å². The first kappa shape index (κ1) is 23.2. The summed E-state index contributed by atoms with van der Waals surface area (Å²) in [4.78, 5) is 12.1. The van der Waals surface area contributed by atoms with Gasteiger partial charge >= 0.3 is 0 Å². The smallest absolute Gasteiger partial charge is 0.226 e. The van der Waals surface area contributed by atoms with Crippen molar-refractivity contribution in [3.8, 4) is 5.75 Å². The lowest BCUT2D eigenvalue weighted by Crippen LogP contribution is -2.34. The van der Waals surface area contributed by atoms with Crippen molar-refractivity contribution in [3.63, 3.8) is 0 Å². The van der Waals surface area contributed by atoms with Gasteiger partial charge in [0.15, 0.2) is 5.11 Å². The fourth-order valence-corrected chi connectivity index (χ4v) is 3.32. The predicted octanol–water partition coefficient (Wildman–Crippen LogP) is 6.14. The second-order valence-corrected chi connectivity index (χ2v) is 7.70. The lowest BCUT2D eigenvalue weighted by atomic mass is 10.1. The molecule has 0 aliphatic carbocycles.